The zero-order chi connectivity index (χ0) is 42.2. The van der Waals surface area contributed by atoms with E-state index in [1.54, 1.807) is 17.0 Å². The van der Waals surface area contributed by atoms with Crippen LogP contribution < -0.4 is 5.43 Å². The molecule has 0 radical (unpaired) electrons. The number of pyridine rings is 1. The van der Waals surface area contributed by atoms with Gasteiger partial charge in [-0.25, -0.2) is 8.78 Å². The molecule has 1 saturated heterocycles. The molecule has 0 bridgehead atoms. The highest BCUT2D eigenvalue weighted by Crippen LogP contribution is 2.32. The van der Waals surface area contributed by atoms with Crippen LogP contribution in [0.1, 0.15) is 37.8 Å². The molecule has 272 valence electrons. The number of thioether (sulfide) groups is 1. The number of amides is 1. The van der Waals surface area contributed by atoms with Crippen LogP contribution in [0.25, 0.3) is 22.0 Å². The third kappa shape index (κ3) is 8.74. The second-order valence-electron chi connectivity index (χ2n) is 12.1. The van der Waals surface area contributed by atoms with Crippen molar-refractivity contribution in [2.24, 2.45) is 0 Å². The van der Waals surface area contributed by atoms with Gasteiger partial charge in [0.15, 0.2) is 17.1 Å². The Morgan fingerprint density at radius 3 is 2.29 bits per heavy atom. The molecular weight excluding hydrogens is 698 g/mol. The lowest BCUT2D eigenvalue weighted by Gasteiger charge is -2.39. The van der Waals surface area contributed by atoms with Gasteiger partial charge in [0, 0.05) is 67.4 Å². The van der Waals surface area contributed by atoms with Gasteiger partial charge in [-0.15, -0.1) is 11.8 Å². The van der Waals surface area contributed by atoms with Gasteiger partial charge in [0.1, 0.15) is 6.54 Å². The zero-order valence-electron chi connectivity index (χ0n) is 33.9. The summed E-state index contributed by atoms with van der Waals surface area (Å²) in [5.74, 6) is -3.49. The lowest BCUT2D eigenvalue weighted by molar-refractivity contribution is -0.137. The number of ether oxygens (including phenoxy) is 1. The summed E-state index contributed by atoms with van der Waals surface area (Å²) in [5, 5.41) is 0.0499. The number of nitrogens with zero attached hydrogens (tertiary/aromatic N) is 3. The average Bonchev–Trinajstić information content (AvgIpc) is 3.17. The first-order valence-electron chi connectivity index (χ1n) is 19.3. The molecule has 6 rings (SSSR count). The summed E-state index contributed by atoms with van der Waals surface area (Å²) in [5.41, 5.74) is -3.47. The number of para-hydroxylation sites is 1. The van der Waals surface area contributed by atoms with E-state index in [9.17, 15) is 34.3 Å². The molecule has 1 amide bonds. The van der Waals surface area contributed by atoms with Crippen LogP contribution in [0.2, 0.25) is 0 Å². The Morgan fingerprint density at radius 2 is 1.62 bits per heavy atom. The maximum absolute atomic E-state index is 14.9. The van der Waals surface area contributed by atoms with Gasteiger partial charge < -0.3 is 19.1 Å². The van der Waals surface area contributed by atoms with Crippen molar-refractivity contribution < 1.29 is 39.7 Å². The van der Waals surface area contributed by atoms with E-state index in [0.29, 0.717) is 22.9 Å². The van der Waals surface area contributed by atoms with Gasteiger partial charge in [0.2, 0.25) is 5.91 Å². The Labute approximate surface area is 311 Å². The van der Waals surface area contributed by atoms with E-state index in [1.807, 2.05) is 0 Å². The van der Waals surface area contributed by atoms with Crippen molar-refractivity contribution in [1.29, 1.82) is 0 Å². The third-order valence-electron chi connectivity index (χ3n) is 8.70. The number of benzene rings is 4. The second-order valence-corrected chi connectivity index (χ2v) is 12.9. The van der Waals surface area contributed by atoms with Crippen molar-refractivity contribution in [2.75, 3.05) is 33.3 Å². The van der Waals surface area contributed by atoms with Crippen LogP contribution in [-0.2, 0) is 34.5 Å². The van der Waals surface area contributed by atoms with Gasteiger partial charge in [-0.2, -0.15) is 13.2 Å². The Hall–Kier alpha value is -4.52. The quantitative estimate of drug-likeness (QED) is 0.0951. The van der Waals surface area contributed by atoms with E-state index >= 15 is 0 Å². The number of rotatable bonds is 12. The molecule has 1 aromatic heterocycles. The number of piperidine rings is 1. The highest BCUT2D eigenvalue weighted by atomic mass is 32.2. The van der Waals surface area contributed by atoms with Crippen LogP contribution >= 0.6 is 11.8 Å². The molecule has 0 N–H and O–H groups in total. The van der Waals surface area contributed by atoms with Crippen LogP contribution in [0.3, 0.4) is 0 Å². The van der Waals surface area contributed by atoms with Gasteiger partial charge in [-0.1, -0.05) is 60.7 Å². The van der Waals surface area contributed by atoms with Crippen LogP contribution in [0.15, 0.2) is 107 Å². The van der Waals surface area contributed by atoms with Crippen LogP contribution in [-0.4, -0.2) is 59.6 Å². The van der Waals surface area contributed by atoms with Crippen LogP contribution in [0.4, 0.5) is 22.0 Å². The molecule has 4 aromatic carbocycles. The predicted molar refractivity (Wildman–Crippen MR) is 193 cm³/mol. The van der Waals surface area contributed by atoms with E-state index in [4.69, 9.17) is 10.2 Å². The average molecular weight is 742 g/mol. The molecule has 1 fully saturated rings. The predicted octanol–water partition coefficient (Wildman–Crippen LogP) is 8.40. The van der Waals surface area contributed by atoms with Crippen LogP contribution in [0.5, 0.6) is 0 Å². The Morgan fingerprint density at radius 1 is 0.942 bits per heavy atom. The number of methoxy groups -OCH3 is 1. The van der Waals surface area contributed by atoms with E-state index in [2.05, 4.69) is 0 Å². The normalized spacial score (nSPS) is 16.7. The first kappa shape index (κ1) is 30.0. The molecule has 0 spiro atoms. The van der Waals surface area contributed by atoms with E-state index in [-0.39, 0.29) is 54.0 Å². The molecule has 1 aliphatic heterocycles. The standard InChI is InChI=1S/C40H38F5N3O3S/c1-51-22-21-46-19-17-32(18-20-46)47(24-27-9-11-28(12-10-27)29-13-15-31(16-14-29)40(43,44)45)37(50)25-48-35-8-3-2-6-33(35)36(49)23-38(48)52-26-30-5-4-7-34(41)39(30)42/h2-16,23,32H,17-22,24-26H2,1H3/i21D2,24D2,26D2. The van der Waals surface area contributed by atoms with E-state index in [1.165, 1.54) is 60.2 Å². The van der Waals surface area contributed by atoms with Crippen molar-refractivity contribution in [3.05, 3.63) is 136 Å². The number of hydrogen-bond donors (Lipinski definition) is 0. The first-order chi connectivity index (χ1) is 27.2. The molecular formula is C40H38F5N3O3S. The van der Waals surface area contributed by atoms with E-state index < -0.39 is 71.6 Å². The SMILES string of the molecule is [2H]C([2H])(Sc1cc(=O)c2ccccc2n1CC(=O)N(C1CCN(C([2H])([2H])COC)CC1)C([2H])([2H])c1ccc(-c2ccc(C(F)(F)F)cc2)cc1)c1cccc(F)c1F. The summed E-state index contributed by atoms with van der Waals surface area (Å²) < 4.78 is 128. The fourth-order valence-electron chi connectivity index (χ4n) is 5.98. The largest absolute Gasteiger partial charge is 0.416 e. The molecule has 1 aliphatic rings. The zero-order valence-corrected chi connectivity index (χ0v) is 28.7. The number of halogens is 5. The third-order valence-corrected chi connectivity index (χ3v) is 9.57. The highest BCUT2D eigenvalue weighted by molar-refractivity contribution is 7.98. The molecule has 0 aliphatic carbocycles. The minimum atomic E-state index is -4.52. The van der Waals surface area contributed by atoms with Crippen molar-refractivity contribution in [1.82, 2.24) is 14.4 Å². The fraction of sp³-hybridized carbons (Fsp3) is 0.300. The number of carbonyl (C=O) groups is 1. The van der Waals surface area contributed by atoms with Gasteiger partial charge in [0.25, 0.3) is 0 Å². The summed E-state index contributed by atoms with van der Waals surface area (Å²) in [6.45, 7) is -4.96. The summed E-state index contributed by atoms with van der Waals surface area (Å²) in [6.07, 6.45) is -4.24. The molecule has 12 heteroatoms. The minimum Gasteiger partial charge on any atom is -0.383 e. The molecule has 52 heavy (non-hydrogen) atoms. The van der Waals surface area contributed by atoms with Gasteiger partial charge >= 0.3 is 6.18 Å². The number of hydrogen-bond acceptors (Lipinski definition) is 5. The van der Waals surface area contributed by atoms with Crippen LogP contribution in [0, 0.1) is 11.6 Å². The maximum atomic E-state index is 14.9. The molecule has 0 saturated carbocycles. The number of alkyl halides is 3. The topological polar surface area (TPSA) is 54.8 Å². The van der Waals surface area contributed by atoms with Gasteiger partial charge in [-0.3, -0.25) is 9.59 Å². The second kappa shape index (κ2) is 16.4. The Kier molecular flexibility index (Phi) is 9.48. The summed E-state index contributed by atoms with van der Waals surface area (Å²) >= 11 is 0.382. The van der Waals surface area contributed by atoms with Gasteiger partial charge in [-0.05, 0) is 59.9 Å². The van der Waals surface area contributed by atoms with E-state index in [0.717, 1.165) is 41.3 Å². The van der Waals surface area contributed by atoms with Gasteiger partial charge in [0.05, 0.1) is 25.5 Å². The monoisotopic (exact) mass is 741 g/mol. The van der Waals surface area contributed by atoms with Crippen molar-refractivity contribution in [3.8, 4) is 11.1 Å². The summed E-state index contributed by atoms with van der Waals surface area (Å²) in [6, 6.07) is 20.0. The smallest absolute Gasteiger partial charge is 0.383 e. The Balaban J connectivity index is 1.39. The Bertz CT molecular complexity index is 2340. The summed E-state index contributed by atoms with van der Waals surface area (Å²) in [7, 11) is 1.37. The highest BCUT2D eigenvalue weighted by Gasteiger charge is 2.31. The molecule has 0 unspecified atom stereocenters. The van der Waals surface area contributed by atoms with Crippen molar-refractivity contribution in [2.45, 2.75) is 48.8 Å². The van der Waals surface area contributed by atoms with Crippen molar-refractivity contribution in [3.63, 3.8) is 0 Å². The number of fused-ring (bicyclic) bond motifs is 1. The maximum Gasteiger partial charge on any atom is 0.416 e. The lowest BCUT2D eigenvalue weighted by Crippen LogP contribution is -2.48. The number of aromatic nitrogens is 1. The summed E-state index contributed by atoms with van der Waals surface area (Å²) in [4.78, 5) is 30.7. The van der Waals surface area contributed by atoms with Crippen molar-refractivity contribution >= 4 is 28.6 Å². The minimum absolute atomic E-state index is 0.0333. The first-order valence-corrected chi connectivity index (χ1v) is 17.2. The molecule has 6 nitrogen and oxygen atoms in total. The number of carbonyl (C=O) groups excluding carboxylic acids is 1. The number of likely N-dealkylation sites (tertiary alicyclic amines) is 1. The molecule has 2 heterocycles. The molecule has 5 aromatic rings. The fourth-order valence-corrected chi connectivity index (χ4v) is 6.79. The molecule has 0 atom stereocenters. The lowest BCUT2D eigenvalue weighted by atomic mass is 10.00.